The Hall–Kier alpha value is -1.39. The van der Waals surface area contributed by atoms with E-state index in [1.165, 1.54) is 0 Å². The highest BCUT2D eigenvalue weighted by Gasteiger charge is 2.06. The number of para-hydroxylation sites is 1. The van der Waals surface area contributed by atoms with Crippen LogP contribution in [0.25, 0.3) is 10.9 Å². The number of rotatable bonds is 3. The molecule has 0 fully saturated rings. The smallest absolute Gasteiger partial charge is 0.146 e. The molecule has 0 amide bonds. The van der Waals surface area contributed by atoms with E-state index in [1.807, 2.05) is 48.5 Å². The second-order valence-electron chi connectivity index (χ2n) is 4.35. The van der Waals surface area contributed by atoms with E-state index in [9.17, 15) is 0 Å². The topological polar surface area (TPSA) is 22.1 Å². The third-order valence-corrected chi connectivity index (χ3v) is 4.06. The van der Waals surface area contributed by atoms with Crippen molar-refractivity contribution in [2.24, 2.45) is 0 Å². The molecule has 3 rings (SSSR count). The largest absolute Gasteiger partial charge is 0.455 e. The van der Waals surface area contributed by atoms with Gasteiger partial charge in [-0.2, -0.15) is 0 Å². The minimum absolute atomic E-state index is 0.739. The van der Waals surface area contributed by atoms with Crippen LogP contribution >= 0.6 is 31.9 Å². The number of benzene rings is 2. The number of fused-ring (bicyclic) bond motifs is 1. The van der Waals surface area contributed by atoms with Crippen molar-refractivity contribution in [2.75, 3.05) is 0 Å². The molecule has 1 heterocycles. The van der Waals surface area contributed by atoms with Crippen molar-refractivity contribution in [1.82, 2.24) is 4.98 Å². The molecule has 20 heavy (non-hydrogen) atoms. The Labute approximate surface area is 134 Å². The Bertz CT molecular complexity index is 758. The van der Waals surface area contributed by atoms with Gasteiger partial charge in [0.1, 0.15) is 11.5 Å². The van der Waals surface area contributed by atoms with Gasteiger partial charge in [-0.15, -0.1) is 0 Å². The lowest BCUT2D eigenvalue weighted by molar-refractivity contribution is 0.477. The summed E-state index contributed by atoms with van der Waals surface area (Å²) < 4.78 is 6.99. The van der Waals surface area contributed by atoms with Crippen molar-refractivity contribution in [3.8, 4) is 11.5 Å². The molecular weight excluding hydrogens is 382 g/mol. The third kappa shape index (κ3) is 2.86. The second kappa shape index (κ2) is 5.94. The van der Waals surface area contributed by atoms with Crippen LogP contribution in [0.15, 0.2) is 59.2 Å². The maximum Gasteiger partial charge on any atom is 0.146 e. The molecule has 0 atom stereocenters. The van der Waals surface area contributed by atoms with Crippen LogP contribution in [0.2, 0.25) is 0 Å². The van der Waals surface area contributed by atoms with Gasteiger partial charge in [-0.1, -0.05) is 50.1 Å². The fourth-order valence-electron chi connectivity index (χ4n) is 1.99. The molecule has 0 aliphatic rings. The van der Waals surface area contributed by atoms with Crippen LogP contribution in [0.4, 0.5) is 0 Å². The van der Waals surface area contributed by atoms with Crippen molar-refractivity contribution in [2.45, 2.75) is 5.33 Å². The van der Waals surface area contributed by atoms with Crippen molar-refractivity contribution in [1.29, 1.82) is 0 Å². The maximum atomic E-state index is 5.95. The van der Waals surface area contributed by atoms with Gasteiger partial charge in [-0.25, -0.2) is 0 Å². The fraction of sp³-hybridized carbons (Fsp3) is 0.0625. The van der Waals surface area contributed by atoms with Crippen LogP contribution in [0.5, 0.6) is 11.5 Å². The summed E-state index contributed by atoms with van der Waals surface area (Å²) in [6.07, 6.45) is 1.75. The summed E-state index contributed by atoms with van der Waals surface area (Å²) in [7, 11) is 0. The van der Waals surface area contributed by atoms with Crippen LogP contribution in [-0.4, -0.2) is 4.98 Å². The van der Waals surface area contributed by atoms with Crippen LogP contribution in [0.1, 0.15) is 5.56 Å². The van der Waals surface area contributed by atoms with Crippen LogP contribution < -0.4 is 4.74 Å². The minimum atomic E-state index is 0.739. The number of hydrogen-bond acceptors (Lipinski definition) is 2. The molecule has 100 valence electrons. The second-order valence-corrected chi connectivity index (χ2v) is 5.83. The van der Waals surface area contributed by atoms with Gasteiger partial charge >= 0.3 is 0 Å². The quantitative estimate of drug-likeness (QED) is 0.534. The zero-order chi connectivity index (χ0) is 13.9. The lowest BCUT2D eigenvalue weighted by atomic mass is 10.2. The van der Waals surface area contributed by atoms with Gasteiger partial charge in [-0.3, -0.25) is 4.98 Å². The fourth-order valence-corrected chi connectivity index (χ4v) is 2.83. The maximum absolute atomic E-state index is 5.95. The standard InChI is InChI=1S/C16H11Br2NO/c17-9-12-7-13(18)5-6-16(12)20-14-8-11-3-1-2-4-15(11)19-10-14/h1-8,10H,9H2. The van der Waals surface area contributed by atoms with Gasteiger partial charge in [0.25, 0.3) is 0 Å². The Morgan fingerprint density at radius 2 is 1.90 bits per heavy atom. The van der Waals surface area contributed by atoms with E-state index >= 15 is 0 Å². The molecular formula is C16H11Br2NO. The van der Waals surface area contributed by atoms with Gasteiger partial charge in [0.2, 0.25) is 0 Å². The molecule has 4 heteroatoms. The van der Waals surface area contributed by atoms with E-state index in [-0.39, 0.29) is 0 Å². The number of nitrogens with zero attached hydrogens (tertiary/aromatic N) is 1. The number of ether oxygens (including phenoxy) is 1. The van der Waals surface area contributed by atoms with Gasteiger partial charge < -0.3 is 4.74 Å². The molecule has 0 aliphatic heterocycles. The van der Waals surface area contributed by atoms with Crippen LogP contribution in [-0.2, 0) is 5.33 Å². The first-order valence-electron chi connectivity index (χ1n) is 6.13. The summed E-state index contributed by atoms with van der Waals surface area (Å²) in [6, 6.07) is 16.0. The Balaban J connectivity index is 1.96. The number of hydrogen-bond donors (Lipinski definition) is 0. The summed E-state index contributed by atoms with van der Waals surface area (Å²) in [6.45, 7) is 0. The first-order valence-corrected chi connectivity index (χ1v) is 8.05. The molecule has 2 nitrogen and oxygen atoms in total. The van der Waals surface area contributed by atoms with Gasteiger partial charge in [-0.05, 0) is 30.3 Å². The highest BCUT2D eigenvalue weighted by molar-refractivity contribution is 9.10. The molecule has 1 aromatic heterocycles. The van der Waals surface area contributed by atoms with E-state index in [4.69, 9.17) is 4.74 Å². The molecule has 0 spiro atoms. The Morgan fingerprint density at radius 3 is 2.75 bits per heavy atom. The number of alkyl halides is 1. The highest BCUT2D eigenvalue weighted by atomic mass is 79.9. The summed E-state index contributed by atoms with van der Waals surface area (Å²) in [4.78, 5) is 4.40. The van der Waals surface area contributed by atoms with Crippen molar-refractivity contribution < 1.29 is 4.74 Å². The summed E-state index contributed by atoms with van der Waals surface area (Å²) >= 11 is 6.95. The minimum Gasteiger partial charge on any atom is -0.455 e. The molecule has 0 radical (unpaired) electrons. The first kappa shape index (κ1) is 13.6. The van der Waals surface area contributed by atoms with Gasteiger partial charge in [0, 0.05) is 20.8 Å². The molecule has 0 saturated heterocycles. The molecule has 0 aliphatic carbocycles. The average molecular weight is 393 g/mol. The number of pyridine rings is 1. The average Bonchev–Trinajstić information content (AvgIpc) is 2.49. The Kier molecular flexibility index (Phi) is 4.03. The zero-order valence-corrected chi connectivity index (χ0v) is 13.7. The summed E-state index contributed by atoms with van der Waals surface area (Å²) in [5.74, 6) is 1.58. The van der Waals surface area contributed by atoms with Crippen molar-refractivity contribution >= 4 is 42.8 Å². The zero-order valence-electron chi connectivity index (χ0n) is 10.5. The number of halogens is 2. The summed E-state index contributed by atoms with van der Waals surface area (Å²) in [5.41, 5.74) is 2.06. The predicted octanol–water partition coefficient (Wildman–Crippen LogP) is 5.68. The number of aromatic nitrogens is 1. The molecule has 0 saturated carbocycles. The van der Waals surface area contributed by atoms with E-state index < -0.39 is 0 Å². The van der Waals surface area contributed by atoms with Crippen molar-refractivity contribution in [3.63, 3.8) is 0 Å². The van der Waals surface area contributed by atoms with Gasteiger partial charge in [0.15, 0.2) is 0 Å². The summed E-state index contributed by atoms with van der Waals surface area (Å²) in [5, 5.41) is 1.81. The lowest BCUT2D eigenvalue weighted by Gasteiger charge is -2.10. The van der Waals surface area contributed by atoms with Crippen LogP contribution in [0, 0.1) is 0 Å². The molecule has 0 unspecified atom stereocenters. The molecule has 3 aromatic rings. The van der Waals surface area contributed by atoms with Gasteiger partial charge in [0.05, 0.1) is 11.7 Å². The van der Waals surface area contributed by atoms with E-state index in [0.29, 0.717) is 0 Å². The Morgan fingerprint density at radius 1 is 1.05 bits per heavy atom. The van der Waals surface area contributed by atoms with Crippen molar-refractivity contribution in [3.05, 3.63) is 64.8 Å². The van der Waals surface area contributed by atoms with E-state index in [0.717, 1.165) is 37.8 Å². The molecule has 0 N–H and O–H groups in total. The molecule has 0 bridgehead atoms. The van der Waals surface area contributed by atoms with Crippen LogP contribution in [0.3, 0.4) is 0 Å². The monoisotopic (exact) mass is 391 g/mol. The molecule has 2 aromatic carbocycles. The van der Waals surface area contributed by atoms with E-state index in [1.54, 1.807) is 6.20 Å². The predicted molar refractivity (Wildman–Crippen MR) is 88.6 cm³/mol. The first-order chi connectivity index (χ1) is 9.76. The third-order valence-electron chi connectivity index (χ3n) is 2.96. The highest BCUT2D eigenvalue weighted by Crippen LogP contribution is 2.30. The normalized spacial score (nSPS) is 10.7. The SMILES string of the molecule is BrCc1cc(Br)ccc1Oc1cnc2ccccc2c1. The lowest BCUT2D eigenvalue weighted by Crippen LogP contribution is -1.90. The van der Waals surface area contributed by atoms with E-state index in [2.05, 4.69) is 36.8 Å².